The summed E-state index contributed by atoms with van der Waals surface area (Å²) in [5, 5.41) is 6.61. The maximum absolute atomic E-state index is 4.59. The van der Waals surface area contributed by atoms with E-state index in [-0.39, 0.29) is 0 Å². The minimum Gasteiger partial charge on any atom is -0.368 e. The Labute approximate surface area is 132 Å². The monoisotopic (exact) mass is 300 g/mol. The van der Waals surface area contributed by atoms with Crippen LogP contribution in [0.25, 0.3) is 11.3 Å². The summed E-state index contributed by atoms with van der Waals surface area (Å²) in [6.07, 6.45) is 3.57. The second-order valence-corrected chi connectivity index (χ2v) is 5.73. The van der Waals surface area contributed by atoms with Gasteiger partial charge in [-0.25, -0.2) is 4.98 Å². The Morgan fingerprint density at radius 3 is 2.68 bits per heavy atom. The van der Waals surface area contributed by atoms with E-state index in [0.717, 1.165) is 30.2 Å². The second-order valence-electron chi connectivity index (χ2n) is 5.73. The van der Waals surface area contributed by atoms with Gasteiger partial charge in [-0.2, -0.15) is 4.98 Å². The van der Waals surface area contributed by atoms with E-state index in [4.69, 9.17) is 0 Å². The van der Waals surface area contributed by atoms with Crippen molar-refractivity contribution < 1.29 is 0 Å². The maximum Gasteiger partial charge on any atom is 0.225 e. The van der Waals surface area contributed by atoms with E-state index in [1.54, 1.807) is 6.20 Å². The topological polar surface area (TPSA) is 66.0 Å². The molecule has 6 heteroatoms. The van der Waals surface area contributed by atoms with Crippen LogP contribution in [0.5, 0.6) is 0 Å². The highest BCUT2D eigenvalue weighted by Crippen LogP contribution is 2.20. The van der Waals surface area contributed by atoms with Gasteiger partial charge in [0.25, 0.3) is 0 Å². The Balaban J connectivity index is 2.24. The number of rotatable bonds is 7. The van der Waals surface area contributed by atoms with E-state index in [0.29, 0.717) is 12.0 Å². The zero-order valence-electron chi connectivity index (χ0n) is 13.7. The smallest absolute Gasteiger partial charge is 0.225 e. The number of nitrogens with zero attached hydrogens (tertiary/aromatic N) is 4. The van der Waals surface area contributed by atoms with Crippen LogP contribution in [0.4, 0.5) is 11.8 Å². The average Bonchev–Trinajstić information content (AvgIpc) is 2.47. The molecule has 0 atom stereocenters. The molecule has 0 fully saturated rings. The minimum atomic E-state index is 0.311. The van der Waals surface area contributed by atoms with Gasteiger partial charge in [0, 0.05) is 43.2 Å². The first-order chi connectivity index (χ1) is 10.5. The molecule has 0 bridgehead atoms. The van der Waals surface area contributed by atoms with Crippen LogP contribution in [-0.2, 0) is 0 Å². The molecule has 2 N–H and O–H groups in total. The number of hydrogen-bond acceptors (Lipinski definition) is 6. The molecule has 0 saturated carbocycles. The molecule has 0 unspecified atom stereocenters. The molecule has 0 aromatic carbocycles. The Kier molecular flexibility index (Phi) is 5.66. The summed E-state index contributed by atoms with van der Waals surface area (Å²) < 4.78 is 0. The van der Waals surface area contributed by atoms with E-state index in [1.807, 2.05) is 38.5 Å². The molecule has 0 spiro atoms. The number of anilines is 2. The molecule has 2 rings (SSSR count). The highest BCUT2D eigenvalue weighted by molar-refractivity contribution is 5.63. The van der Waals surface area contributed by atoms with Crippen molar-refractivity contribution in [3.05, 3.63) is 30.6 Å². The van der Waals surface area contributed by atoms with Gasteiger partial charge < -0.3 is 15.5 Å². The predicted molar refractivity (Wildman–Crippen MR) is 91.1 cm³/mol. The second kappa shape index (κ2) is 7.70. The number of aromatic nitrogens is 3. The predicted octanol–water partition coefficient (Wildman–Crippen LogP) is 2.33. The lowest BCUT2D eigenvalue weighted by Gasteiger charge is -2.14. The van der Waals surface area contributed by atoms with Gasteiger partial charge in [-0.15, -0.1) is 0 Å². The lowest BCUT2D eigenvalue weighted by Crippen LogP contribution is -2.22. The van der Waals surface area contributed by atoms with Gasteiger partial charge in [-0.1, -0.05) is 0 Å². The zero-order valence-corrected chi connectivity index (χ0v) is 13.7. The highest BCUT2D eigenvalue weighted by Gasteiger charge is 2.07. The first-order valence-electron chi connectivity index (χ1n) is 7.49. The Morgan fingerprint density at radius 1 is 1.23 bits per heavy atom. The molecule has 0 aliphatic carbocycles. The summed E-state index contributed by atoms with van der Waals surface area (Å²) in [4.78, 5) is 15.4. The summed E-state index contributed by atoms with van der Waals surface area (Å²) in [7, 11) is 4.08. The molecule has 22 heavy (non-hydrogen) atoms. The SMILES string of the molecule is CC(C)Nc1cc(-c2cccnc2)nc(NCCN(C)C)n1. The fourth-order valence-corrected chi connectivity index (χ4v) is 1.95. The number of hydrogen-bond donors (Lipinski definition) is 2. The fourth-order valence-electron chi connectivity index (χ4n) is 1.95. The minimum absolute atomic E-state index is 0.311. The van der Waals surface area contributed by atoms with Crippen LogP contribution in [0.3, 0.4) is 0 Å². The number of likely N-dealkylation sites (N-methyl/N-ethyl adjacent to an activating group) is 1. The van der Waals surface area contributed by atoms with Crippen LogP contribution >= 0.6 is 0 Å². The van der Waals surface area contributed by atoms with Gasteiger partial charge in [0.05, 0.1) is 5.69 Å². The third-order valence-corrected chi connectivity index (χ3v) is 2.96. The van der Waals surface area contributed by atoms with E-state index in [2.05, 4.69) is 44.3 Å². The molecular formula is C16H24N6. The van der Waals surface area contributed by atoms with Gasteiger partial charge in [0.15, 0.2) is 0 Å². The largest absolute Gasteiger partial charge is 0.368 e. The van der Waals surface area contributed by atoms with Crippen molar-refractivity contribution >= 4 is 11.8 Å². The third kappa shape index (κ3) is 4.96. The first kappa shape index (κ1) is 16.2. The summed E-state index contributed by atoms with van der Waals surface area (Å²) in [5.74, 6) is 1.45. The number of nitrogens with one attached hydrogen (secondary N) is 2. The quantitative estimate of drug-likeness (QED) is 0.818. The first-order valence-corrected chi connectivity index (χ1v) is 7.49. The van der Waals surface area contributed by atoms with E-state index in [1.165, 1.54) is 0 Å². The maximum atomic E-state index is 4.59. The molecule has 0 amide bonds. The zero-order chi connectivity index (χ0) is 15.9. The van der Waals surface area contributed by atoms with Gasteiger partial charge in [-0.3, -0.25) is 4.98 Å². The summed E-state index contributed by atoms with van der Waals surface area (Å²) in [6, 6.07) is 6.17. The van der Waals surface area contributed by atoms with E-state index < -0.39 is 0 Å². The number of pyridine rings is 1. The van der Waals surface area contributed by atoms with Crippen LogP contribution in [0.15, 0.2) is 30.6 Å². The van der Waals surface area contributed by atoms with Crippen LogP contribution in [0, 0.1) is 0 Å². The molecule has 0 aliphatic rings. The summed E-state index contributed by atoms with van der Waals surface area (Å²) in [6.45, 7) is 5.90. The normalized spacial score (nSPS) is 11.0. The molecule has 118 valence electrons. The van der Waals surface area contributed by atoms with Crippen LogP contribution in [0.2, 0.25) is 0 Å². The summed E-state index contributed by atoms with van der Waals surface area (Å²) in [5.41, 5.74) is 1.84. The van der Waals surface area contributed by atoms with Crippen LogP contribution < -0.4 is 10.6 Å². The molecule has 0 saturated heterocycles. The average molecular weight is 300 g/mol. The summed E-state index contributed by atoms with van der Waals surface area (Å²) >= 11 is 0. The standard InChI is InChI=1S/C16H24N6/c1-12(2)19-15-10-14(13-6-5-7-17-11-13)20-16(21-15)18-8-9-22(3)4/h5-7,10-12H,8-9H2,1-4H3,(H2,18,19,20,21). The van der Waals surface area contributed by atoms with Crippen LogP contribution in [0.1, 0.15) is 13.8 Å². The third-order valence-electron chi connectivity index (χ3n) is 2.96. The molecule has 6 nitrogen and oxygen atoms in total. The van der Waals surface area contributed by atoms with Crippen molar-refractivity contribution in [3.63, 3.8) is 0 Å². The van der Waals surface area contributed by atoms with Crippen molar-refractivity contribution in [2.75, 3.05) is 37.8 Å². The van der Waals surface area contributed by atoms with Crippen molar-refractivity contribution in [3.8, 4) is 11.3 Å². The van der Waals surface area contributed by atoms with E-state index in [9.17, 15) is 0 Å². The van der Waals surface area contributed by atoms with Crippen LogP contribution in [-0.4, -0.2) is 53.1 Å². The van der Waals surface area contributed by atoms with Crippen molar-refractivity contribution in [1.82, 2.24) is 19.9 Å². The Hall–Kier alpha value is -2.21. The molecule has 2 aromatic heterocycles. The molecule has 2 heterocycles. The Morgan fingerprint density at radius 2 is 2.05 bits per heavy atom. The van der Waals surface area contributed by atoms with Gasteiger partial charge in [0.1, 0.15) is 5.82 Å². The molecule has 2 aromatic rings. The van der Waals surface area contributed by atoms with Crippen molar-refractivity contribution in [2.45, 2.75) is 19.9 Å². The molecular weight excluding hydrogens is 276 g/mol. The van der Waals surface area contributed by atoms with Gasteiger partial charge in [-0.05, 0) is 40.1 Å². The van der Waals surface area contributed by atoms with E-state index >= 15 is 0 Å². The molecule has 0 radical (unpaired) electrons. The van der Waals surface area contributed by atoms with Gasteiger partial charge in [0.2, 0.25) is 5.95 Å². The van der Waals surface area contributed by atoms with Gasteiger partial charge >= 0.3 is 0 Å². The lowest BCUT2D eigenvalue weighted by atomic mass is 10.2. The fraction of sp³-hybridized carbons (Fsp3) is 0.438. The molecule has 0 aliphatic heterocycles. The van der Waals surface area contributed by atoms with Crippen molar-refractivity contribution in [2.24, 2.45) is 0 Å². The highest BCUT2D eigenvalue weighted by atomic mass is 15.2. The van der Waals surface area contributed by atoms with Crippen molar-refractivity contribution in [1.29, 1.82) is 0 Å². The Bertz CT molecular complexity index is 582. The lowest BCUT2D eigenvalue weighted by molar-refractivity contribution is 0.425.